The van der Waals surface area contributed by atoms with Gasteiger partial charge >= 0.3 is 0 Å². The number of nitrogens with one attached hydrogen (secondary N) is 1. The molecule has 0 fully saturated rings. The Balaban J connectivity index is 2.43. The molecule has 1 N–H and O–H groups in total. The van der Waals surface area contributed by atoms with Gasteiger partial charge in [-0.3, -0.25) is 0 Å². The van der Waals surface area contributed by atoms with Gasteiger partial charge in [-0.2, -0.15) is 0 Å². The van der Waals surface area contributed by atoms with Crippen LogP contribution < -0.4 is 5.32 Å². The monoisotopic (exact) mass is 453 g/mol. The van der Waals surface area contributed by atoms with Crippen LogP contribution in [-0.2, 0) is 0 Å². The maximum atomic E-state index is 13.3. The summed E-state index contributed by atoms with van der Waals surface area (Å²) in [4.78, 5) is 0. The highest BCUT2D eigenvalue weighted by Gasteiger charge is 2.14. The zero-order chi connectivity index (χ0) is 14.0. The SMILES string of the molecule is CNC(c1ccc(I)c(Cl)c1)c1ccc(F)c(Br)c1. The van der Waals surface area contributed by atoms with Crippen LogP contribution in [0.3, 0.4) is 0 Å². The molecule has 1 atom stereocenters. The van der Waals surface area contributed by atoms with E-state index in [-0.39, 0.29) is 11.9 Å². The predicted molar refractivity (Wildman–Crippen MR) is 89.2 cm³/mol. The van der Waals surface area contributed by atoms with E-state index in [9.17, 15) is 4.39 Å². The highest BCUT2D eigenvalue weighted by Crippen LogP contribution is 2.29. The van der Waals surface area contributed by atoms with Crippen molar-refractivity contribution >= 4 is 50.1 Å². The Morgan fingerprint density at radius 1 is 1.21 bits per heavy atom. The molecule has 2 rings (SSSR count). The minimum Gasteiger partial charge on any atom is -0.309 e. The van der Waals surface area contributed by atoms with Crippen LogP contribution >= 0.6 is 50.1 Å². The summed E-state index contributed by atoms with van der Waals surface area (Å²) in [7, 11) is 1.87. The van der Waals surface area contributed by atoms with Crippen LogP contribution in [0.15, 0.2) is 40.9 Å². The van der Waals surface area contributed by atoms with Gasteiger partial charge in [0.1, 0.15) is 5.82 Å². The maximum Gasteiger partial charge on any atom is 0.137 e. The topological polar surface area (TPSA) is 12.0 Å². The Kier molecular flexibility index (Phi) is 5.22. The summed E-state index contributed by atoms with van der Waals surface area (Å²) in [6, 6.07) is 10.9. The van der Waals surface area contributed by atoms with Gasteiger partial charge in [0.15, 0.2) is 0 Å². The lowest BCUT2D eigenvalue weighted by Crippen LogP contribution is -2.17. The third kappa shape index (κ3) is 3.48. The van der Waals surface area contributed by atoms with Crippen molar-refractivity contribution < 1.29 is 4.39 Å². The number of halogens is 4. The molecule has 0 amide bonds. The van der Waals surface area contributed by atoms with Crippen molar-refractivity contribution in [2.24, 2.45) is 0 Å². The minimum atomic E-state index is -0.265. The van der Waals surface area contributed by atoms with Crippen LogP contribution in [0, 0.1) is 9.39 Å². The van der Waals surface area contributed by atoms with Gasteiger partial charge < -0.3 is 5.32 Å². The van der Waals surface area contributed by atoms with E-state index in [2.05, 4.69) is 43.8 Å². The van der Waals surface area contributed by atoms with E-state index in [1.807, 2.05) is 25.2 Å². The van der Waals surface area contributed by atoms with Gasteiger partial charge in [-0.25, -0.2) is 4.39 Å². The van der Waals surface area contributed by atoms with Crippen LogP contribution in [0.4, 0.5) is 4.39 Å². The third-order valence-corrected chi connectivity index (χ3v) is 5.02. The first-order chi connectivity index (χ1) is 9.02. The molecule has 19 heavy (non-hydrogen) atoms. The number of hydrogen-bond acceptors (Lipinski definition) is 1. The van der Waals surface area contributed by atoms with Gasteiger partial charge in [-0.15, -0.1) is 0 Å². The molecule has 0 saturated carbocycles. The summed E-state index contributed by atoms with van der Waals surface area (Å²) < 4.78 is 14.8. The highest BCUT2D eigenvalue weighted by atomic mass is 127. The number of rotatable bonds is 3. The minimum absolute atomic E-state index is 0.0219. The van der Waals surface area contributed by atoms with E-state index in [1.54, 1.807) is 12.1 Å². The van der Waals surface area contributed by atoms with E-state index in [0.29, 0.717) is 4.47 Å². The Bertz CT molecular complexity index is 554. The van der Waals surface area contributed by atoms with E-state index in [0.717, 1.165) is 19.7 Å². The number of benzene rings is 2. The van der Waals surface area contributed by atoms with Crippen molar-refractivity contribution in [3.8, 4) is 0 Å². The van der Waals surface area contributed by atoms with Crippen LogP contribution in [0.1, 0.15) is 17.2 Å². The average Bonchev–Trinajstić information content (AvgIpc) is 2.39. The van der Waals surface area contributed by atoms with Crippen LogP contribution in [-0.4, -0.2) is 7.05 Å². The first-order valence-corrected chi connectivity index (χ1v) is 7.85. The standard InChI is InChI=1S/C14H11BrClFIN/c1-19-14(8-2-4-12(17)10(15)6-8)9-3-5-13(18)11(16)7-9/h2-7,14,19H,1H3. The van der Waals surface area contributed by atoms with Crippen LogP contribution in [0.25, 0.3) is 0 Å². The fourth-order valence-electron chi connectivity index (χ4n) is 1.91. The molecule has 2 aromatic rings. The second-order valence-electron chi connectivity index (χ2n) is 4.07. The summed E-state index contributed by atoms with van der Waals surface area (Å²) in [5, 5.41) is 3.95. The largest absolute Gasteiger partial charge is 0.309 e. The molecular weight excluding hydrogens is 443 g/mol. The van der Waals surface area contributed by atoms with Gasteiger partial charge in [0.25, 0.3) is 0 Å². The summed E-state index contributed by atoms with van der Waals surface area (Å²) in [6.07, 6.45) is 0. The molecule has 5 heteroatoms. The van der Waals surface area contributed by atoms with Crippen molar-refractivity contribution in [3.63, 3.8) is 0 Å². The Hall–Kier alpha value is -0.170. The van der Waals surface area contributed by atoms with Gasteiger partial charge in [0, 0.05) is 3.57 Å². The molecule has 0 aliphatic carbocycles. The molecule has 0 aliphatic heterocycles. The zero-order valence-electron chi connectivity index (χ0n) is 10.1. The summed E-state index contributed by atoms with van der Waals surface area (Å²) in [5.74, 6) is -0.265. The van der Waals surface area contributed by atoms with E-state index in [1.165, 1.54) is 6.07 Å². The summed E-state index contributed by atoms with van der Waals surface area (Å²) >= 11 is 11.6. The normalized spacial score (nSPS) is 12.5. The molecular formula is C14H11BrClFIN. The molecule has 100 valence electrons. The van der Waals surface area contributed by atoms with Gasteiger partial charge in [0.2, 0.25) is 0 Å². The molecule has 1 unspecified atom stereocenters. The van der Waals surface area contributed by atoms with Gasteiger partial charge in [-0.1, -0.05) is 23.7 Å². The second-order valence-corrected chi connectivity index (χ2v) is 6.49. The molecule has 0 bridgehead atoms. The Morgan fingerprint density at radius 3 is 2.42 bits per heavy atom. The highest BCUT2D eigenvalue weighted by molar-refractivity contribution is 14.1. The Labute approximate surface area is 138 Å². The van der Waals surface area contributed by atoms with E-state index < -0.39 is 0 Å². The average molecular weight is 455 g/mol. The van der Waals surface area contributed by atoms with Crippen molar-refractivity contribution in [1.82, 2.24) is 5.32 Å². The summed E-state index contributed by atoms with van der Waals surface area (Å²) in [6.45, 7) is 0. The third-order valence-electron chi connectivity index (χ3n) is 2.84. The lowest BCUT2D eigenvalue weighted by Gasteiger charge is -2.18. The molecule has 0 saturated heterocycles. The van der Waals surface area contributed by atoms with E-state index >= 15 is 0 Å². The molecule has 1 nitrogen and oxygen atoms in total. The van der Waals surface area contributed by atoms with Gasteiger partial charge in [0.05, 0.1) is 15.5 Å². The maximum absolute atomic E-state index is 13.3. The van der Waals surface area contributed by atoms with Crippen LogP contribution in [0.5, 0.6) is 0 Å². The first kappa shape index (κ1) is 15.2. The molecule has 2 aromatic carbocycles. The first-order valence-electron chi connectivity index (χ1n) is 5.60. The zero-order valence-corrected chi connectivity index (χ0v) is 14.6. The van der Waals surface area contributed by atoms with Crippen molar-refractivity contribution in [3.05, 3.63) is 66.4 Å². The lowest BCUT2D eigenvalue weighted by atomic mass is 9.99. The summed E-state index contributed by atoms with van der Waals surface area (Å²) in [5.41, 5.74) is 2.03. The van der Waals surface area contributed by atoms with Crippen LogP contribution in [0.2, 0.25) is 5.02 Å². The van der Waals surface area contributed by atoms with E-state index in [4.69, 9.17) is 11.6 Å². The lowest BCUT2D eigenvalue weighted by molar-refractivity contribution is 0.616. The molecule has 0 heterocycles. The Morgan fingerprint density at radius 2 is 1.84 bits per heavy atom. The number of hydrogen-bond donors (Lipinski definition) is 1. The van der Waals surface area contributed by atoms with Gasteiger partial charge in [-0.05, 0) is 81.0 Å². The fraction of sp³-hybridized carbons (Fsp3) is 0.143. The van der Waals surface area contributed by atoms with Crippen molar-refractivity contribution in [2.75, 3.05) is 7.05 Å². The molecule has 0 aromatic heterocycles. The molecule has 0 spiro atoms. The fourth-order valence-corrected chi connectivity index (χ4v) is 2.83. The molecule has 0 aliphatic rings. The van der Waals surface area contributed by atoms with Crippen molar-refractivity contribution in [1.29, 1.82) is 0 Å². The molecule has 0 radical (unpaired) electrons. The van der Waals surface area contributed by atoms with Crippen molar-refractivity contribution in [2.45, 2.75) is 6.04 Å². The smallest absolute Gasteiger partial charge is 0.137 e. The second kappa shape index (κ2) is 6.52. The predicted octanol–water partition coefficient (Wildman–Crippen LogP) is 5.16. The quantitative estimate of drug-likeness (QED) is 0.633.